The molecule has 0 aliphatic carbocycles. The van der Waals surface area contributed by atoms with E-state index < -0.39 is 10.0 Å². The van der Waals surface area contributed by atoms with Crippen LogP contribution in [0.2, 0.25) is 0 Å². The molecule has 142 valence electrons. The van der Waals surface area contributed by atoms with E-state index in [1.54, 1.807) is 12.1 Å². The van der Waals surface area contributed by atoms with Gasteiger partial charge in [-0.3, -0.25) is 4.72 Å². The predicted octanol–water partition coefficient (Wildman–Crippen LogP) is 3.31. The number of rotatable bonds is 4. The Hall–Kier alpha value is -2.74. The average molecular weight is 385 g/mol. The normalized spacial score (nSPS) is 11.6. The van der Waals surface area contributed by atoms with Crippen LogP contribution in [0.1, 0.15) is 33.4 Å². The van der Waals surface area contributed by atoms with Gasteiger partial charge in [-0.05, 0) is 97.5 Å². The van der Waals surface area contributed by atoms with E-state index in [1.165, 1.54) is 11.0 Å². The average Bonchev–Trinajstić information content (AvgIpc) is 3.14. The SMILES string of the molecule is Cc1c(NS(=O)(=O)c2c(C)c(C)c(C)c(C)c2C)cccc1-n1cnnn1. The van der Waals surface area contributed by atoms with Crippen LogP contribution >= 0.6 is 0 Å². The third-order valence-electron chi connectivity index (χ3n) is 5.35. The molecule has 27 heavy (non-hydrogen) atoms. The van der Waals surface area contributed by atoms with Crippen LogP contribution in [0.15, 0.2) is 29.4 Å². The van der Waals surface area contributed by atoms with Crippen molar-refractivity contribution < 1.29 is 8.42 Å². The number of aromatic nitrogens is 4. The Kier molecular flexibility index (Phi) is 4.77. The Bertz CT molecular complexity index is 1090. The Morgan fingerprint density at radius 3 is 2.00 bits per heavy atom. The van der Waals surface area contributed by atoms with Crippen molar-refractivity contribution in [2.45, 2.75) is 46.4 Å². The number of sulfonamides is 1. The lowest BCUT2D eigenvalue weighted by molar-refractivity contribution is 0.599. The summed E-state index contributed by atoms with van der Waals surface area (Å²) < 4.78 is 30.8. The first-order valence-corrected chi connectivity index (χ1v) is 10.1. The number of tetrazole rings is 1. The number of hydrogen-bond acceptors (Lipinski definition) is 5. The minimum absolute atomic E-state index is 0.343. The summed E-state index contributed by atoms with van der Waals surface area (Å²) in [5.41, 5.74) is 6.62. The van der Waals surface area contributed by atoms with Crippen LogP contribution < -0.4 is 4.72 Å². The summed E-state index contributed by atoms with van der Waals surface area (Å²) in [6.45, 7) is 11.5. The second kappa shape index (κ2) is 6.77. The fourth-order valence-corrected chi connectivity index (χ4v) is 5.04. The molecule has 3 aromatic rings. The number of nitrogens with one attached hydrogen (secondary N) is 1. The first-order valence-electron chi connectivity index (χ1n) is 8.58. The van der Waals surface area contributed by atoms with Gasteiger partial charge in [0.25, 0.3) is 10.0 Å². The molecule has 0 radical (unpaired) electrons. The molecule has 0 bridgehead atoms. The summed E-state index contributed by atoms with van der Waals surface area (Å²) in [5.74, 6) is 0. The van der Waals surface area contributed by atoms with Crippen molar-refractivity contribution in [2.75, 3.05) is 4.72 Å². The summed E-state index contributed by atoms with van der Waals surface area (Å²) >= 11 is 0. The van der Waals surface area contributed by atoms with Crippen molar-refractivity contribution in [3.63, 3.8) is 0 Å². The lowest BCUT2D eigenvalue weighted by Crippen LogP contribution is -2.18. The minimum atomic E-state index is -3.76. The number of anilines is 1. The molecular formula is C19H23N5O2S. The van der Waals surface area contributed by atoms with Crippen molar-refractivity contribution >= 4 is 15.7 Å². The van der Waals surface area contributed by atoms with Crippen LogP contribution in [0.5, 0.6) is 0 Å². The van der Waals surface area contributed by atoms with E-state index in [2.05, 4.69) is 20.2 Å². The highest BCUT2D eigenvalue weighted by Gasteiger charge is 2.24. The van der Waals surface area contributed by atoms with E-state index in [4.69, 9.17) is 0 Å². The lowest BCUT2D eigenvalue weighted by atomic mass is 9.95. The zero-order valence-corrected chi connectivity index (χ0v) is 17.1. The van der Waals surface area contributed by atoms with Crippen molar-refractivity contribution in [3.8, 4) is 5.69 Å². The van der Waals surface area contributed by atoms with Gasteiger partial charge >= 0.3 is 0 Å². The largest absolute Gasteiger partial charge is 0.279 e. The lowest BCUT2D eigenvalue weighted by Gasteiger charge is -2.20. The third-order valence-corrected chi connectivity index (χ3v) is 6.98. The van der Waals surface area contributed by atoms with Gasteiger partial charge in [0.05, 0.1) is 16.3 Å². The van der Waals surface area contributed by atoms with Crippen molar-refractivity contribution in [1.82, 2.24) is 20.2 Å². The molecule has 0 aliphatic rings. The second-order valence-corrected chi connectivity index (χ2v) is 8.38. The van der Waals surface area contributed by atoms with Gasteiger partial charge < -0.3 is 0 Å². The van der Waals surface area contributed by atoms with Crippen molar-refractivity contribution in [1.29, 1.82) is 0 Å². The van der Waals surface area contributed by atoms with E-state index in [1.807, 2.05) is 47.6 Å². The maximum Gasteiger partial charge on any atom is 0.262 e. The van der Waals surface area contributed by atoms with Gasteiger partial charge in [-0.15, -0.1) is 5.10 Å². The van der Waals surface area contributed by atoms with Crippen molar-refractivity contribution in [2.24, 2.45) is 0 Å². The van der Waals surface area contributed by atoms with E-state index in [0.717, 1.165) is 33.4 Å². The quantitative estimate of drug-likeness (QED) is 0.744. The first-order chi connectivity index (χ1) is 12.6. The molecule has 1 N–H and O–H groups in total. The van der Waals surface area contributed by atoms with Crippen LogP contribution in [0, 0.1) is 41.5 Å². The van der Waals surface area contributed by atoms with E-state index in [-0.39, 0.29) is 0 Å². The zero-order valence-electron chi connectivity index (χ0n) is 16.3. The molecule has 7 nitrogen and oxygen atoms in total. The smallest absolute Gasteiger partial charge is 0.262 e. The fraction of sp³-hybridized carbons (Fsp3) is 0.316. The molecule has 0 saturated heterocycles. The van der Waals surface area contributed by atoms with Crippen LogP contribution in [0.4, 0.5) is 5.69 Å². The van der Waals surface area contributed by atoms with Gasteiger partial charge in [0.15, 0.2) is 0 Å². The summed E-state index contributed by atoms with van der Waals surface area (Å²) in [7, 11) is -3.76. The molecular weight excluding hydrogens is 362 g/mol. The van der Waals surface area contributed by atoms with Gasteiger partial charge in [-0.25, -0.2) is 13.1 Å². The van der Waals surface area contributed by atoms with Crippen molar-refractivity contribution in [3.05, 3.63) is 57.9 Å². The van der Waals surface area contributed by atoms with Gasteiger partial charge in [0.2, 0.25) is 0 Å². The first kappa shape index (κ1) is 19.0. The monoisotopic (exact) mass is 385 g/mol. The van der Waals surface area contributed by atoms with Crippen LogP contribution in [-0.4, -0.2) is 28.6 Å². The molecule has 0 atom stereocenters. The predicted molar refractivity (Wildman–Crippen MR) is 105 cm³/mol. The summed E-state index contributed by atoms with van der Waals surface area (Å²) in [4.78, 5) is 0.343. The summed E-state index contributed by atoms with van der Waals surface area (Å²) in [6.07, 6.45) is 1.47. The Balaban J connectivity index is 2.11. The number of nitrogens with zero attached hydrogens (tertiary/aromatic N) is 4. The molecule has 0 fully saturated rings. The van der Waals surface area contributed by atoms with Crippen LogP contribution in [-0.2, 0) is 10.0 Å². The highest BCUT2D eigenvalue weighted by atomic mass is 32.2. The van der Waals surface area contributed by atoms with Gasteiger partial charge in [-0.1, -0.05) is 6.07 Å². The molecule has 3 rings (SSSR count). The van der Waals surface area contributed by atoms with E-state index in [0.29, 0.717) is 16.3 Å². The Labute approximate surface area is 159 Å². The second-order valence-electron chi connectivity index (χ2n) is 6.76. The molecule has 0 saturated carbocycles. The number of hydrogen-bond donors (Lipinski definition) is 1. The Morgan fingerprint density at radius 2 is 1.44 bits per heavy atom. The molecule has 0 amide bonds. The van der Waals surface area contributed by atoms with E-state index in [9.17, 15) is 8.42 Å². The number of benzene rings is 2. The molecule has 0 spiro atoms. The summed E-state index contributed by atoms with van der Waals surface area (Å²) in [6, 6.07) is 5.34. The Morgan fingerprint density at radius 1 is 0.852 bits per heavy atom. The molecule has 1 aromatic heterocycles. The zero-order chi connectivity index (χ0) is 19.9. The topological polar surface area (TPSA) is 89.8 Å². The molecule has 1 heterocycles. The molecule has 8 heteroatoms. The third kappa shape index (κ3) is 3.21. The van der Waals surface area contributed by atoms with Gasteiger partial charge in [0.1, 0.15) is 6.33 Å². The van der Waals surface area contributed by atoms with Crippen LogP contribution in [0.3, 0.4) is 0 Å². The highest BCUT2D eigenvalue weighted by molar-refractivity contribution is 7.92. The minimum Gasteiger partial charge on any atom is -0.279 e. The molecule has 0 unspecified atom stereocenters. The standard InChI is InChI=1S/C19H23N5O2S/c1-11-12(2)14(4)19(15(5)13(11)3)27(25,26)21-17-8-7-9-18(16(17)6)24-10-20-22-23-24/h7-10,21H,1-6H3. The molecule has 2 aromatic carbocycles. The van der Waals surface area contributed by atoms with Crippen LogP contribution in [0.25, 0.3) is 5.69 Å². The fourth-order valence-electron chi connectivity index (χ4n) is 3.32. The van der Waals surface area contributed by atoms with Gasteiger partial charge in [-0.2, -0.15) is 0 Å². The molecule has 0 aliphatic heterocycles. The summed E-state index contributed by atoms with van der Waals surface area (Å²) in [5, 5.41) is 11.2. The maximum absolute atomic E-state index is 13.3. The van der Waals surface area contributed by atoms with E-state index >= 15 is 0 Å². The maximum atomic E-state index is 13.3. The van der Waals surface area contributed by atoms with Gasteiger partial charge in [0, 0.05) is 0 Å². The highest BCUT2D eigenvalue weighted by Crippen LogP contribution is 2.32.